The van der Waals surface area contributed by atoms with Gasteiger partial charge in [0.2, 0.25) is 5.91 Å². The smallest absolute Gasteiger partial charge is 0.328 e. The number of aliphatic carboxylic acids is 1. The van der Waals surface area contributed by atoms with Crippen LogP contribution >= 0.6 is 0 Å². The molecule has 1 saturated carbocycles. The van der Waals surface area contributed by atoms with Crippen LogP contribution in [0.5, 0.6) is 0 Å². The van der Waals surface area contributed by atoms with Gasteiger partial charge in [-0.2, -0.15) is 0 Å². The molecule has 1 rings (SSSR count). The van der Waals surface area contributed by atoms with Gasteiger partial charge < -0.3 is 15.5 Å². The maximum atomic E-state index is 11.3. The number of carboxylic acids is 1. The molecule has 0 aromatic rings. The van der Waals surface area contributed by atoms with Crippen molar-refractivity contribution in [2.75, 3.05) is 0 Å². The molecule has 0 saturated heterocycles. The molecule has 3 N–H and O–H groups in total. The zero-order chi connectivity index (χ0) is 10.9. The monoisotopic (exact) mass is 201 g/mol. The van der Waals surface area contributed by atoms with Gasteiger partial charge in [0, 0.05) is 5.92 Å². The van der Waals surface area contributed by atoms with Crippen molar-refractivity contribution in [1.82, 2.24) is 5.32 Å². The van der Waals surface area contributed by atoms with Crippen LogP contribution in [-0.2, 0) is 9.59 Å². The van der Waals surface area contributed by atoms with Gasteiger partial charge in [0.15, 0.2) is 6.04 Å². The van der Waals surface area contributed by atoms with Gasteiger partial charge in [-0.25, -0.2) is 4.79 Å². The van der Waals surface area contributed by atoms with E-state index in [1.165, 1.54) is 6.92 Å². The third-order valence-electron chi connectivity index (χ3n) is 2.49. The van der Waals surface area contributed by atoms with E-state index < -0.39 is 18.1 Å². The highest BCUT2D eigenvalue weighted by atomic mass is 16.4. The van der Waals surface area contributed by atoms with Crippen LogP contribution in [0.25, 0.3) is 0 Å². The summed E-state index contributed by atoms with van der Waals surface area (Å²) in [6.45, 7) is 3.28. The average Bonchev–Trinajstić information content (AvgIpc) is 2.76. The normalized spacial score (nSPS) is 29.1. The molecular weight excluding hydrogens is 186 g/mol. The summed E-state index contributed by atoms with van der Waals surface area (Å²) in [6.07, 6.45) is -0.275. The minimum atomic E-state index is -1.21. The van der Waals surface area contributed by atoms with Gasteiger partial charge in [-0.15, -0.1) is 0 Å². The number of carbonyl (C=O) groups is 2. The summed E-state index contributed by atoms with van der Waals surface area (Å²) < 4.78 is 0. The molecule has 4 atom stereocenters. The summed E-state index contributed by atoms with van der Waals surface area (Å²) in [5.74, 6) is -1.22. The van der Waals surface area contributed by atoms with Crippen LogP contribution in [0, 0.1) is 11.8 Å². The Balaban J connectivity index is 2.47. The number of aliphatic hydroxyl groups excluding tert-OH is 1. The molecule has 1 aliphatic carbocycles. The van der Waals surface area contributed by atoms with Gasteiger partial charge in [0.25, 0.3) is 0 Å². The van der Waals surface area contributed by atoms with Crippen molar-refractivity contribution < 1.29 is 19.8 Å². The topological polar surface area (TPSA) is 86.6 Å². The first-order chi connectivity index (χ1) is 6.43. The minimum Gasteiger partial charge on any atom is -0.480 e. The first kappa shape index (κ1) is 11.0. The fourth-order valence-corrected chi connectivity index (χ4v) is 1.34. The van der Waals surface area contributed by atoms with Crippen LogP contribution < -0.4 is 5.32 Å². The molecule has 14 heavy (non-hydrogen) atoms. The highest BCUT2D eigenvalue weighted by Gasteiger charge is 2.41. The van der Waals surface area contributed by atoms with E-state index in [2.05, 4.69) is 5.32 Å². The summed E-state index contributed by atoms with van der Waals surface area (Å²) in [7, 11) is 0. The Morgan fingerprint density at radius 1 is 1.50 bits per heavy atom. The SMILES string of the molecule is C[C@@H]1C[C@H]1C(=O)N[C@H](C(=O)O)[C@@H](C)O. The standard InChI is InChI=1S/C9H15NO4/c1-4-3-6(4)8(12)10-7(5(2)11)9(13)14/h4-7,11H,3H2,1-2H3,(H,10,12)(H,13,14)/t4-,5-,6-,7+/m1/s1. The highest BCUT2D eigenvalue weighted by Crippen LogP contribution is 2.37. The van der Waals surface area contributed by atoms with Gasteiger partial charge >= 0.3 is 5.97 Å². The fraction of sp³-hybridized carbons (Fsp3) is 0.778. The van der Waals surface area contributed by atoms with Gasteiger partial charge in [-0.3, -0.25) is 4.79 Å². The first-order valence-electron chi connectivity index (χ1n) is 4.64. The van der Waals surface area contributed by atoms with E-state index >= 15 is 0 Å². The number of carboxylic acid groups (broad SMARTS) is 1. The molecule has 0 heterocycles. The van der Waals surface area contributed by atoms with Crippen LogP contribution in [0.3, 0.4) is 0 Å². The molecular formula is C9H15NO4. The number of amides is 1. The van der Waals surface area contributed by atoms with Gasteiger partial charge in [0.05, 0.1) is 6.10 Å². The summed E-state index contributed by atoms with van der Waals surface area (Å²) >= 11 is 0. The predicted octanol–water partition coefficient (Wildman–Crippen LogP) is -0.407. The van der Waals surface area contributed by atoms with Crippen molar-refractivity contribution in [3.8, 4) is 0 Å². The second-order valence-electron chi connectivity index (χ2n) is 3.88. The quantitative estimate of drug-likeness (QED) is 0.577. The Morgan fingerprint density at radius 2 is 2.00 bits per heavy atom. The average molecular weight is 201 g/mol. The number of carbonyl (C=O) groups excluding carboxylic acids is 1. The predicted molar refractivity (Wildman–Crippen MR) is 48.5 cm³/mol. The van der Waals surface area contributed by atoms with Crippen LogP contribution in [0.2, 0.25) is 0 Å². The Morgan fingerprint density at radius 3 is 2.29 bits per heavy atom. The Kier molecular flexibility index (Phi) is 3.10. The molecule has 0 bridgehead atoms. The number of hydrogen-bond acceptors (Lipinski definition) is 3. The van der Waals surface area contributed by atoms with Crippen molar-refractivity contribution in [2.24, 2.45) is 11.8 Å². The van der Waals surface area contributed by atoms with E-state index in [-0.39, 0.29) is 11.8 Å². The number of aliphatic hydroxyl groups is 1. The van der Waals surface area contributed by atoms with Gasteiger partial charge in [-0.05, 0) is 19.3 Å². The van der Waals surface area contributed by atoms with E-state index in [0.717, 1.165) is 6.42 Å². The van der Waals surface area contributed by atoms with E-state index in [1.807, 2.05) is 6.92 Å². The van der Waals surface area contributed by atoms with Gasteiger partial charge in [-0.1, -0.05) is 6.92 Å². The maximum Gasteiger partial charge on any atom is 0.328 e. The molecule has 1 amide bonds. The summed E-state index contributed by atoms with van der Waals surface area (Å²) in [5.41, 5.74) is 0. The summed E-state index contributed by atoms with van der Waals surface area (Å²) in [6, 6.07) is -1.20. The lowest BCUT2D eigenvalue weighted by molar-refractivity contribution is -0.145. The van der Waals surface area contributed by atoms with E-state index in [0.29, 0.717) is 5.92 Å². The molecule has 80 valence electrons. The Bertz CT molecular complexity index is 251. The minimum absolute atomic E-state index is 0.0735. The van der Waals surface area contributed by atoms with Gasteiger partial charge in [0.1, 0.15) is 0 Å². The zero-order valence-corrected chi connectivity index (χ0v) is 8.23. The lowest BCUT2D eigenvalue weighted by Gasteiger charge is -2.16. The molecule has 5 heteroatoms. The third-order valence-corrected chi connectivity index (χ3v) is 2.49. The first-order valence-corrected chi connectivity index (χ1v) is 4.64. The van der Waals surface area contributed by atoms with Crippen molar-refractivity contribution in [3.63, 3.8) is 0 Å². The summed E-state index contributed by atoms with van der Waals surface area (Å²) in [4.78, 5) is 22.0. The molecule has 0 radical (unpaired) electrons. The van der Waals surface area contributed by atoms with Crippen LogP contribution in [-0.4, -0.2) is 34.2 Å². The molecule has 1 aliphatic rings. The van der Waals surface area contributed by atoms with E-state index in [4.69, 9.17) is 10.2 Å². The number of rotatable bonds is 4. The van der Waals surface area contributed by atoms with Crippen molar-refractivity contribution in [1.29, 1.82) is 0 Å². The molecule has 0 unspecified atom stereocenters. The van der Waals surface area contributed by atoms with Crippen LogP contribution in [0.1, 0.15) is 20.3 Å². The molecule has 0 aromatic heterocycles. The molecule has 0 aliphatic heterocycles. The van der Waals surface area contributed by atoms with E-state index in [9.17, 15) is 9.59 Å². The van der Waals surface area contributed by atoms with Crippen molar-refractivity contribution in [2.45, 2.75) is 32.4 Å². The van der Waals surface area contributed by atoms with Crippen LogP contribution in [0.4, 0.5) is 0 Å². The number of hydrogen-bond donors (Lipinski definition) is 3. The lowest BCUT2D eigenvalue weighted by Crippen LogP contribution is -2.48. The van der Waals surface area contributed by atoms with Crippen LogP contribution in [0.15, 0.2) is 0 Å². The number of nitrogens with one attached hydrogen (secondary N) is 1. The second kappa shape index (κ2) is 3.96. The molecule has 0 aromatic carbocycles. The lowest BCUT2D eigenvalue weighted by atomic mass is 10.1. The highest BCUT2D eigenvalue weighted by molar-refractivity contribution is 5.86. The molecule has 0 spiro atoms. The zero-order valence-electron chi connectivity index (χ0n) is 8.23. The molecule has 1 fully saturated rings. The summed E-state index contributed by atoms with van der Waals surface area (Å²) in [5, 5.41) is 20.1. The largest absolute Gasteiger partial charge is 0.480 e. The van der Waals surface area contributed by atoms with Crippen molar-refractivity contribution in [3.05, 3.63) is 0 Å². The fourth-order valence-electron chi connectivity index (χ4n) is 1.34. The molecule has 5 nitrogen and oxygen atoms in total. The Hall–Kier alpha value is -1.10. The third kappa shape index (κ3) is 2.45. The maximum absolute atomic E-state index is 11.3. The second-order valence-corrected chi connectivity index (χ2v) is 3.88. The Labute approximate surface area is 82.1 Å². The van der Waals surface area contributed by atoms with E-state index in [1.54, 1.807) is 0 Å². The van der Waals surface area contributed by atoms with Crippen molar-refractivity contribution >= 4 is 11.9 Å².